The number of aliphatic hydroxyl groups is 1. The molecule has 0 aliphatic carbocycles. The monoisotopic (exact) mass is 1770 g/mol. The molecule has 6 unspecified atom stereocenters. The van der Waals surface area contributed by atoms with Gasteiger partial charge in [-0.25, -0.2) is 35.1 Å². The zero-order valence-corrected chi connectivity index (χ0v) is 70.9. The Morgan fingerprint density at radius 1 is 0.496 bits per heavy atom. The van der Waals surface area contributed by atoms with Crippen molar-refractivity contribution in [1.29, 1.82) is 0 Å². The second-order valence-electron chi connectivity index (χ2n) is 29.9. The molecule has 0 radical (unpaired) electrons. The van der Waals surface area contributed by atoms with Gasteiger partial charge in [0, 0.05) is 121 Å². The number of alkyl halides is 3. The lowest BCUT2D eigenvalue weighted by Crippen LogP contribution is -2.35. The largest absolute Gasteiger partial charge is 0.494 e. The maximum Gasteiger partial charge on any atom is 0.416 e. The van der Waals surface area contributed by atoms with Crippen LogP contribution in [0.2, 0.25) is 5.02 Å². The van der Waals surface area contributed by atoms with Gasteiger partial charge in [-0.2, -0.15) is 13.2 Å². The van der Waals surface area contributed by atoms with Crippen molar-refractivity contribution in [3.05, 3.63) is 337 Å². The van der Waals surface area contributed by atoms with Gasteiger partial charge in [0.25, 0.3) is 16.7 Å². The minimum atomic E-state index is -4.82. The maximum absolute atomic E-state index is 15.7. The van der Waals surface area contributed by atoms with Crippen LogP contribution in [0.25, 0.3) is 33.4 Å². The van der Waals surface area contributed by atoms with Gasteiger partial charge in [0.1, 0.15) is 45.2 Å². The highest BCUT2D eigenvalue weighted by atomic mass is 35.5. The van der Waals surface area contributed by atoms with Crippen molar-refractivity contribution in [2.75, 3.05) is 78.9 Å². The molecule has 0 fully saturated rings. The number of nitrogens with zero attached hydrogens (tertiary/aromatic N) is 7. The minimum Gasteiger partial charge on any atom is -0.494 e. The maximum atomic E-state index is 15.7. The fourth-order valence-electron chi connectivity index (χ4n) is 16.1. The number of likely N-dealkylation sites (N-methyl/N-ethyl adjacent to an activating group) is 2. The third kappa shape index (κ3) is 18.6. The van der Waals surface area contributed by atoms with Crippen LogP contribution < -0.4 is 30.9 Å². The summed E-state index contributed by atoms with van der Waals surface area (Å²) in [6, 6.07) is 39.6. The fraction of sp³-hybridized carbons (Fsp3) is 0.272. The van der Waals surface area contributed by atoms with E-state index in [1.54, 1.807) is 62.6 Å². The van der Waals surface area contributed by atoms with E-state index in [1.807, 2.05) is 60.3 Å². The number of rotatable bonds is 24. The quantitative estimate of drug-likeness (QED) is 0.0564. The fourth-order valence-corrected chi connectivity index (χ4v) is 21.2. The van der Waals surface area contributed by atoms with Crippen LogP contribution in [0.4, 0.5) is 48.3 Å². The molecular formula is C92H83ClF11N7O9S3. The van der Waals surface area contributed by atoms with Crippen LogP contribution in [-0.2, 0) is 59.9 Å². The lowest BCUT2D eigenvalue weighted by Gasteiger charge is -2.24. The molecule has 0 saturated heterocycles. The summed E-state index contributed by atoms with van der Waals surface area (Å²) < 4.78 is 209. The molecule has 5 aromatic heterocycles. The predicted molar refractivity (Wildman–Crippen MR) is 452 cm³/mol. The van der Waals surface area contributed by atoms with Gasteiger partial charge in [-0.1, -0.05) is 96.5 Å². The Labute approximate surface area is 715 Å². The number of benzene rings is 7. The highest BCUT2D eigenvalue weighted by molar-refractivity contribution is 7.99. The van der Waals surface area contributed by atoms with Gasteiger partial charge in [-0.05, 0) is 159 Å². The van der Waals surface area contributed by atoms with Crippen molar-refractivity contribution < 1.29 is 76.0 Å². The topological polar surface area (TPSA) is 180 Å². The summed E-state index contributed by atoms with van der Waals surface area (Å²) in [7, 11) is 4.41. The van der Waals surface area contributed by atoms with Crippen LogP contribution >= 0.6 is 23.4 Å². The molecule has 3 aliphatic rings. The van der Waals surface area contributed by atoms with Gasteiger partial charge >= 0.3 is 6.18 Å². The van der Waals surface area contributed by atoms with Gasteiger partial charge in [0.15, 0.2) is 34.7 Å². The SMILES string of the molecule is COc1c(Cl)ccc(-c2c(C)c(Cc3c(F)cccc3F)c3n(c2=O)C(CN(C)CCc2ccccn2)CS3=O)c1F.COc1cccc(-c2c(C)c(Cc3c(F)cccc3C(F)(F)F)c3n(c2=O)C(C(O)c2ccccc2)CS3)c1F.COc1cccc(-c2c(C)c(Cc3c(F)cccc3F)c3n(c2=O)C(CN(C)CCc2ccccn2)CS3=O)c1F. The summed E-state index contributed by atoms with van der Waals surface area (Å²) in [5, 5.41) is 12.0. The molecule has 15 rings (SSSR count). The molecule has 1 N–H and O–H groups in total. The molecule has 8 heterocycles. The molecule has 31 heteroatoms. The number of thioether (sulfide) groups is 1. The third-order valence-electron chi connectivity index (χ3n) is 22.3. The first-order chi connectivity index (χ1) is 58.9. The zero-order valence-electron chi connectivity index (χ0n) is 67.7. The number of aliphatic hydroxyl groups excluding tert-OH is 1. The van der Waals surface area contributed by atoms with Crippen LogP contribution in [0.15, 0.2) is 212 Å². The number of aromatic nitrogens is 5. The van der Waals surface area contributed by atoms with Crippen molar-refractivity contribution >= 4 is 45.0 Å². The molecular weight excluding hydrogens is 1690 g/mol. The van der Waals surface area contributed by atoms with Gasteiger partial charge < -0.3 is 29.1 Å². The Bertz CT molecular complexity index is 6190. The second-order valence-corrected chi connectivity index (χ2v) is 34.1. The molecule has 3 aliphatic heterocycles. The third-order valence-corrected chi connectivity index (χ3v) is 27.0. The summed E-state index contributed by atoms with van der Waals surface area (Å²) >= 11 is 7.32. The first-order valence-electron chi connectivity index (χ1n) is 38.9. The van der Waals surface area contributed by atoms with E-state index in [0.29, 0.717) is 66.3 Å². The Hall–Kier alpha value is -10.9. The number of hydrogen-bond acceptors (Lipinski definition) is 14. The first-order valence-corrected chi connectivity index (χ1v) is 42.9. The lowest BCUT2D eigenvalue weighted by molar-refractivity contribution is -0.138. The number of hydrogen-bond donors (Lipinski definition) is 1. The Morgan fingerprint density at radius 3 is 1.33 bits per heavy atom. The Balaban J connectivity index is 0.000000159. The molecule has 0 bridgehead atoms. The summed E-state index contributed by atoms with van der Waals surface area (Å²) in [5.41, 5.74) is 0.133. The van der Waals surface area contributed by atoms with E-state index >= 15 is 13.2 Å². The van der Waals surface area contributed by atoms with Gasteiger partial charge in [0.2, 0.25) is 0 Å². The van der Waals surface area contributed by atoms with E-state index < -0.39 is 133 Å². The first kappa shape index (κ1) is 89.9. The number of fused-ring (bicyclic) bond motifs is 3. The van der Waals surface area contributed by atoms with E-state index in [1.165, 1.54) is 108 Å². The van der Waals surface area contributed by atoms with Crippen LogP contribution in [0.5, 0.6) is 17.2 Å². The predicted octanol–water partition coefficient (Wildman–Crippen LogP) is 17.9. The van der Waals surface area contributed by atoms with Crippen molar-refractivity contribution in [1.82, 2.24) is 33.5 Å². The van der Waals surface area contributed by atoms with Gasteiger partial charge in [-0.15, -0.1) is 11.8 Å². The van der Waals surface area contributed by atoms with E-state index in [4.69, 9.17) is 25.8 Å². The highest BCUT2D eigenvalue weighted by Crippen LogP contribution is 2.47. The van der Waals surface area contributed by atoms with Crippen LogP contribution in [-0.4, -0.2) is 126 Å². The zero-order chi connectivity index (χ0) is 88.2. The van der Waals surface area contributed by atoms with Crippen molar-refractivity contribution in [2.45, 2.75) is 98.4 Å². The highest BCUT2D eigenvalue weighted by Gasteiger charge is 2.42. The van der Waals surface area contributed by atoms with Crippen LogP contribution in [0, 0.1) is 67.3 Å². The number of ether oxygens (including phenoxy) is 3. The van der Waals surface area contributed by atoms with Gasteiger partial charge in [0.05, 0.1) is 105 Å². The second kappa shape index (κ2) is 38.5. The van der Waals surface area contributed by atoms with E-state index in [-0.39, 0.29) is 124 Å². The summed E-state index contributed by atoms with van der Waals surface area (Å²) in [6.45, 7) is 6.72. The Morgan fingerprint density at radius 2 is 0.902 bits per heavy atom. The van der Waals surface area contributed by atoms with E-state index in [0.717, 1.165) is 53.9 Å². The molecule has 12 aromatic rings. The molecule has 7 aromatic carbocycles. The summed E-state index contributed by atoms with van der Waals surface area (Å²) in [5.74, 6) is -6.33. The normalized spacial score (nSPS) is 16.0. The molecule has 6 atom stereocenters. The molecule has 16 nitrogen and oxygen atoms in total. The molecule has 0 saturated carbocycles. The number of methoxy groups -OCH3 is 3. The Kier molecular flexibility index (Phi) is 28.1. The average molecular weight is 1770 g/mol. The van der Waals surface area contributed by atoms with E-state index in [9.17, 15) is 63.0 Å². The average Bonchev–Trinajstić information content (AvgIpc) is 1.64. The molecule has 0 spiro atoms. The standard InChI is InChI=1S/C31H29ClF3N3O3S.C31H30F3N3O3S.C30H24F5NO3S/c1-18-22(15-23-25(33)8-6-9-26(23)34)31-38(30(39)27(18)21-10-11-24(32)29(41-3)28(21)35)20(17-42(31)40)16-37(2)14-12-19-7-4-5-13-36-19;1-19-23(16-24-25(32)10-7-11-26(24)33)31-37(30(38)28(19)22-9-6-12-27(40-3)29(22)34)21(18-41(31)39)17-36(2)15-13-20-8-4-5-14-35-20;1-16-19(14-20-21(30(33,34)35)11-7-12-22(20)31)29-36(23(15-40-29)27(37)17-8-4-3-5-9-17)28(38)25(16)18-10-6-13-24(39-2)26(18)32/h4-11,13,20H,12,14-17H2,1-3H3;4-12,14,21H,13,15-18H2,1-3H3;3-13,23,27,37H,14-15H2,1-2H3. The molecule has 0 amide bonds. The summed E-state index contributed by atoms with van der Waals surface area (Å²) in [6.07, 6.45) is -2.16. The molecule has 123 heavy (non-hydrogen) atoms. The van der Waals surface area contributed by atoms with Crippen molar-refractivity contribution in [2.24, 2.45) is 0 Å². The number of halogens is 12. The lowest BCUT2D eigenvalue weighted by atomic mass is 9.92. The van der Waals surface area contributed by atoms with E-state index in [2.05, 4.69) is 9.97 Å². The summed E-state index contributed by atoms with van der Waals surface area (Å²) in [4.78, 5) is 55.1. The minimum absolute atomic E-state index is 0.00185. The van der Waals surface area contributed by atoms with Crippen LogP contribution in [0.1, 0.15) is 96.8 Å². The number of pyridine rings is 5. The smallest absolute Gasteiger partial charge is 0.416 e. The van der Waals surface area contributed by atoms with Crippen molar-refractivity contribution in [3.63, 3.8) is 0 Å². The van der Waals surface area contributed by atoms with Crippen molar-refractivity contribution in [3.8, 4) is 50.6 Å². The molecule has 642 valence electrons. The van der Waals surface area contributed by atoms with Crippen LogP contribution in [0.3, 0.4) is 0 Å². The van der Waals surface area contributed by atoms with Gasteiger partial charge in [-0.3, -0.25) is 46.5 Å².